The lowest BCUT2D eigenvalue weighted by molar-refractivity contribution is -0.900. The van der Waals surface area contributed by atoms with Gasteiger partial charge in [-0.2, -0.15) is 0 Å². The molecule has 0 spiro atoms. The van der Waals surface area contributed by atoms with Gasteiger partial charge in [0.15, 0.2) is 11.5 Å². The van der Waals surface area contributed by atoms with E-state index in [9.17, 15) is 9.59 Å². The Labute approximate surface area is 184 Å². The van der Waals surface area contributed by atoms with E-state index in [0.29, 0.717) is 23.5 Å². The van der Waals surface area contributed by atoms with E-state index in [-0.39, 0.29) is 17.6 Å². The predicted molar refractivity (Wildman–Crippen MR) is 123 cm³/mol. The number of carbonyl (C=O) groups excluding carboxylic acids is 2. The Balaban J connectivity index is 1.52. The highest BCUT2D eigenvalue weighted by Gasteiger charge is 2.21. The molecule has 2 amide bonds. The van der Waals surface area contributed by atoms with E-state index in [1.165, 1.54) is 25.9 Å². The maximum Gasteiger partial charge on any atom is 0.291 e. The number of anilines is 1. The third-order valence-electron chi connectivity index (χ3n) is 5.25. The van der Waals surface area contributed by atoms with Gasteiger partial charge in [-0.05, 0) is 48.7 Å². The SMILES string of the molecule is CCC[NH+](CCC)CCCNC(=O)c1ccc(C=C2Oc3ccccc3NC2=O)cc1. The van der Waals surface area contributed by atoms with Crippen molar-refractivity contribution in [2.24, 2.45) is 0 Å². The van der Waals surface area contributed by atoms with Crippen LogP contribution in [0.2, 0.25) is 0 Å². The van der Waals surface area contributed by atoms with Crippen molar-refractivity contribution in [3.8, 4) is 5.75 Å². The van der Waals surface area contributed by atoms with Crippen molar-refractivity contribution in [2.75, 3.05) is 31.5 Å². The standard InChI is InChI=1S/C25H31N3O3/c1-3-15-28(16-4-2)17-7-14-26-24(29)20-12-10-19(11-13-20)18-23-25(30)27-21-8-5-6-9-22(21)31-23/h5-6,8-13,18H,3-4,7,14-17H2,1-2H3,(H,26,29)(H,27,30)/p+1. The van der Waals surface area contributed by atoms with Gasteiger partial charge in [0.1, 0.15) is 0 Å². The van der Waals surface area contributed by atoms with E-state index in [1.807, 2.05) is 24.3 Å². The second-order valence-electron chi connectivity index (χ2n) is 7.79. The minimum absolute atomic E-state index is 0.0766. The molecule has 0 saturated carbocycles. The summed E-state index contributed by atoms with van der Waals surface area (Å²) in [6, 6.07) is 14.5. The molecular weight excluding hydrogens is 390 g/mol. The molecule has 0 fully saturated rings. The summed E-state index contributed by atoms with van der Waals surface area (Å²) in [4.78, 5) is 26.3. The highest BCUT2D eigenvalue weighted by molar-refractivity contribution is 6.08. The number of nitrogens with one attached hydrogen (secondary N) is 3. The molecule has 3 rings (SSSR count). The second-order valence-corrected chi connectivity index (χ2v) is 7.79. The summed E-state index contributed by atoms with van der Waals surface area (Å²) in [6.07, 6.45) is 5.01. The Morgan fingerprint density at radius 1 is 1.03 bits per heavy atom. The molecule has 1 heterocycles. The van der Waals surface area contributed by atoms with Crippen LogP contribution in [0, 0.1) is 0 Å². The number of rotatable bonds is 10. The molecule has 0 unspecified atom stereocenters. The first kappa shape index (κ1) is 22.6. The van der Waals surface area contributed by atoms with Crippen molar-refractivity contribution in [3.63, 3.8) is 0 Å². The summed E-state index contributed by atoms with van der Waals surface area (Å²) in [5.74, 6) is 0.472. The van der Waals surface area contributed by atoms with Gasteiger partial charge in [-0.3, -0.25) is 9.59 Å². The first-order chi connectivity index (χ1) is 15.1. The van der Waals surface area contributed by atoms with Crippen LogP contribution in [-0.2, 0) is 4.79 Å². The average molecular weight is 423 g/mol. The van der Waals surface area contributed by atoms with Crippen molar-refractivity contribution in [1.82, 2.24) is 5.32 Å². The largest absolute Gasteiger partial charge is 0.449 e. The Bertz CT molecular complexity index is 916. The molecule has 3 N–H and O–H groups in total. The molecule has 0 saturated heterocycles. The van der Waals surface area contributed by atoms with E-state index in [1.54, 1.807) is 35.2 Å². The number of para-hydroxylation sites is 2. The van der Waals surface area contributed by atoms with Crippen molar-refractivity contribution in [2.45, 2.75) is 33.1 Å². The molecule has 164 valence electrons. The van der Waals surface area contributed by atoms with Gasteiger partial charge >= 0.3 is 0 Å². The van der Waals surface area contributed by atoms with Crippen molar-refractivity contribution in [3.05, 3.63) is 65.4 Å². The van der Waals surface area contributed by atoms with Crippen LogP contribution in [0.15, 0.2) is 54.3 Å². The zero-order chi connectivity index (χ0) is 22.1. The van der Waals surface area contributed by atoms with Crippen LogP contribution < -0.4 is 20.3 Å². The number of quaternary nitrogens is 1. The van der Waals surface area contributed by atoms with Crippen LogP contribution in [0.1, 0.15) is 49.0 Å². The quantitative estimate of drug-likeness (QED) is 0.407. The maximum atomic E-state index is 12.4. The normalized spacial score (nSPS) is 14.2. The van der Waals surface area contributed by atoms with Gasteiger partial charge in [0.2, 0.25) is 0 Å². The van der Waals surface area contributed by atoms with Crippen LogP contribution in [0.3, 0.4) is 0 Å². The van der Waals surface area contributed by atoms with Gasteiger partial charge in [0.05, 0.1) is 25.3 Å². The Kier molecular flexibility index (Phi) is 8.24. The third-order valence-corrected chi connectivity index (χ3v) is 5.25. The van der Waals surface area contributed by atoms with Crippen molar-refractivity contribution < 1.29 is 19.2 Å². The van der Waals surface area contributed by atoms with Crippen LogP contribution in [0.25, 0.3) is 6.08 Å². The zero-order valence-corrected chi connectivity index (χ0v) is 18.4. The highest BCUT2D eigenvalue weighted by atomic mass is 16.5. The number of ether oxygens (including phenoxy) is 1. The summed E-state index contributed by atoms with van der Waals surface area (Å²) in [5.41, 5.74) is 2.05. The fraction of sp³-hybridized carbons (Fsp3) is 0.360. The molecule has 0 aromatic heterocycles. The number of amides is 2. The lowest BCUT2D eigenvalue weighted by atomic mass is 10.1. The molecule has 0 atom stereocenters. The first-order valence-electron chi connectivity index (χ1n) is 11.1. The van der Waals surface area contributed by atoms with Gasteiger partial charge in [0, 0.05) is 18.5 Å². The van der Waals surface area contributed by atoms with Crippen LogP contribution in [-0.4, -0.2) is 38.0 Å². The maximum absolute atomic E-state index is 12.4. The second kappa shape index (κ2) is 11.3. The Hall–Kier alpha value is -3.12. The zero-order valence-electron chi connectivity index (χ0n) is 18.4. The van der Waals surface area contributed by atoms with E-state index in [0.717, 1.165) is 18.5 Å². The lowest BCUT2D eigenvalue weighted by Crippen LogP contribution is -3.12. The fourth-order valence-electron chi connectivity index (χ4n) is 3.71. The van der Waals surface area contributed by atoms with Crippen molar-refractivity contribution in [1.29, 1.82) is 0 Å². The number of hydrogen-bond donors (Lipinski definition) is 3. The van der Waals surface area contributed by atoms with Gasteiger partial charge in [-0.1, -0.05) is 38.1 Å². The highest BCUT2D eigenvalue weighted by Crippen LogP contribution is 2.30. The van der Waals surface area contributed by atoms with Crippen LogP contribution >= 0.6 is 0 Å². The molecule has 2 aromatic rings. The van der Waals surface area contributed by atoms with E-state index < -0.39 is 0 Å². The molecule has 2 aromatic carbocycles. The molecule has 0 radical (unpaired) electrons. The molecule has 1 aliphatic rings. The van der Waals surface area contributed by atoms with Gasteiger partial charge < -0.3 is 20.3 Å². The molecule has 31 heavy (non-hydrogen) atoms. The van der Waals surface area contributed by atoms with Gasteiger partial charge in [-0.25, -0.2) is 0 Å². The van der Waals surface area contributed by atoms with Crippen LogP contribution in [0.4, 0.5) is 5.69 Å². The van der Waals surface area contributed by atoms with Gasteiger partial charge in [0.25, 0.3) is 11.8 Å². The summed E-state index contributed by atoms with van der Waals surface area (Å²) in [7, 11) is 0. The number of carbonyl (C=O) groups is 2. The van der Waals surface area contributed by atoms with Crippen molar-refractivity contribution >= 4 is 23.6 Å². The van der Waals surface area contributed by atoms with E-state index in [4.69, 9.17) is 4.74 Å². The number of benzene rings is 2. The third kappa shape index (κ3) is 6.43. The van der Waals surface area contributed by atoms with E-state index in [2.05, 4.69) is 24.5 Å². The summed E-state index contributed by atoms with van der Waals surface area (Å²) < 4.78 is 5.71. The summed E-state index contributed by atoms with van der Waals surface area (Å²) in [5, 5.41) is 5.81. The molecular formula is C25H32N3O3+. The topological polar surface area (TPSA) is 71.9 Å². The molecule has 0 aliphatic carbocycles. The minimum atomic E-state index is -0.289. The lowest BCUT2D eigenvalue weighted by Gasteiger charge is -2.19. The summed E-state index contributed by atoms with van der Waals surface area (Å²) >= 11 is 0. The molecule has 6 nitrogen and oxygen atoms in total. The monoisotopic (exact) mass is 422 g/mol. The Morgan fingerprint density at radius 3 is 2.45 bits per heavy atom. The summed E-state index contributed by atoms with van der Waals surface area (Å²) in [6.45, 7) is 8.55. The number of fused-ring (bicyclic) bond motifs is 1. The Morgan fingerprint density at radius 2 is 1.74 bits per heavy atom. The molecule has 0 bridgehead atoms. The first-order valence-corrected chi connectivity index (χ1v) is 11.1. The molecule has 6 heteroatoms. The fourth-order valence-corrected chi connectivity index (χ4v) is 3.71. The predicted octanol–water partition coefficient (Wildman–Crippen LogP) is 2.88. The number of hydrogen-bond acceptors (Lipinski definition) is 3. The average Bonchev–Trinajstić information content (AvgIpc) is 2.78. The van der Waals surface area contributed by atoms with Crippen LogP contribution in [0.5, 0.6) is 5.75 Å². The smallest absolute Gasteiger partial charge is 0.291 e. The molecule has 1 aliphatic heterocycles. The minimum Gasteiger partial charge on any atom is -0.449 e. The van der Waals surface area contributed by atoms with Gasteiger partial charge in [-0.15, -0.1) is 0 Å². The van der Waals surface area contributed by atoms with E-state index >= 15 is 0 Å².